The lowest BCUT2D eigenvalue weighted by molar-refractivity contribution is 0.0954. The second-order valence-electron chi connectivity index (χ2n) is 5.05. The molecule has 0 bridgehead atoms. The predicted molar refractivity (Wildman–Crippen MR) is 86.2 cm³/mol. The first-order valence-electron chi connectivity index (χ1n) is 7.02. The van der Waals surface area contributed by atoms with Gasteiger partial charge in [0.05, 0.1) is 0 Å². The highest BCUT2D eigenvalue weighted by Crippen LogP contribution is 2.17. The lowest BCUT2D eigenvalue weighted by Gasteiger charge is -2.05. The Balaban J connectivity index is 1.59. The van der Waals surface area contributed by atoms with Gasteiger partial charge in [0.2, 0.25) is 0 Å². The Bertz CT molecular complexity index is 809. The van der Waals surface area contributed by atoms with Crippen molar-refractivity contribution < 1.29 is 9.21 Å². The Morgan fingerprint density at radius 1 is 1.23 bits per heavy atom. The van der Waals surface area contributed by atoms with Crippen LogP contribution >= 0.6 is 11.6 Å². The normalized spacial score (nSPS) is 10.8. The van der Waals surface area contributed by atoms with Gasteiger partial charge in [-0.2, -0.15) is 0 Å². The number of nitrogens with zero attached hydrogens (tertiary/aromatic N) is 1. The summed E-state index contributed by atoms with van der Waals surface area (Å²) in [6.07, 6.45) is 0.731. The van der Waals surface area contributed by atoms with Crippen LogP contribution in [-0.2, 0) is 6.42 Å². The number of benzene rings is 2. The third-order valence-corrected chi connectivity index (χ3v) is 3.62. The van der Waals surface area contributed by atoms with E-state index >= 15 is 0 Å². The van der Waals surface area contributed by atoms with Gasteiger partial charge in [0.1, 0.15) is 5.52 Å². The molecule has 1 amide bonds. The highest BCUT2D eigenvalue weighted by atomic mass is 35.5. The summed E-state index contributed by atoms with van der Waals surface area (Å²) in [5, 5.41) is 3.51. The molecule has 0 unspecified atom stereocenters. The van der Waals surface area contributed by atoms with Crippen molar-refractivity contribution >= 4 is 28.6 Å². The molecule has 3 rings (SSSR count). The summed E-state index contributed by atoms with van der Waals surface area (Å²) in [6, 6.07) is 12.7. The van der Waals surface area contributed by atoms with Crippen LogP contribution in [-0.4, -0.2) is 17.4 Å². The molecule has 0 saturated carbocycles. The molecule has 0 aliphatic heterocycles. The minimum absolute atomic E-state index is 0.103. The molecule has 0 aliphatic rings. The van der Waals surface area contributed by atoms with Gasteiger partial charge in [-0.25, -0.2) is 4.98 Å². The van der Waals surface area contributed by atoms with Crippen LogP contribution in [0.4, 0.5) is 0 Å². The molecule has 3 aromatic rings. The van der Waals surface area contributed by atoms with Crippen molar-refractivity contribution in [1.29, 1.82) is 0 Å². The average molecular weight is 315 g/mol. The molecule has 22 heavy (non-hydrogen) atoms. The van der Waals surface area contributed by atoms with Crippen molar-refractivity contribution in [3.63, 3.8) is 0 Å². The zero-order valence-corrected chi connectivity index (χ0v) is 12.9. The second kappa shape index (κ2) is 6.20. The van der Waals surface area contributed by atoms with Crippen LogP contribution in [0.25, 0.3) is 11.1 Å². The first-order valence-corrected chi connectivity index (χ1v) is 7.39. The standard InChI is InChI=1S/C17H15ClN2O2/c1-11-20-15-7-2-12(10-16(15)22-11)8-9-19-17(21)13-3-5-14(18)6-4-13/h2-7,10H,8-9H2,1H3,(H,19,21). The van der Waals surface area contributed by atoms with Crippen LogP contribution in [0.2, 0.25) is 5.02 Å². The van der Waals surface area contributed by atoms with E-state index in [2.05, 4.69) is 10.3 Å². The molecule has 0 aliphatic carbocycles. The molecule has 4 nitrogen and oxygen atoms in total. The molecule has 1 aromatic heterocycles. The highest BCUT2D eigenvalue weighted by Gasteiger charge is 2.06. The number of nitrogens with one attached hydrogen (secondary N) is 1. The van der Waals surface area contributed by atoms with E-state index in [0.29, 0.717) is 23.0 Å². The van der Waals surface area contributed by atoms with E-state index in [1.807, 2.05) is 25.1 Å². The quantitative estimate of drug-likeness (QED) is 0.797. The molecule has 0 saturated heterocycles. The monoisotopic (exact) mass is 314 g/mol. The summed E-state index contributed by atoms with van der Waals surface area (Å²) < 4.78 is 5.51. The minimum Gasteiger partial charge on any atom is -0.441 e. The number of aryl methyl sites for hydroxylation is 1. The number of hydrogen-bond acceptors (Lipinski definition) is 3. The summed E-state index contributed by atoms with van der Waals surface area (Å²) in [7, 11) is 0. The fourth-order valence-corrected chi connectivity index (χ4v) is 2.39. The summed E-state index contributed by atoms with van der Waals surface area (Å²) in [5.41, 5.74) is 3.33. The Morgan fingerprint density at radius 3 is 2.77 bits per heavy atom. The lowest BCUT2D eigenvalue weighted by atomic mass is 10.1. The zero-order valence-electron chi connectivity index (χ0n) is 12.1. The number of fused-ring (bicyclic) bond motifs is 1. The Labute approximate surface area is 133 Å². The number of rotatable bonds is 4. The Kier molecular flexibility index (Phi) is 4.11. The fourth-order valence-electron chi connectivity index (χ4n) is 2.26. The van der Waals surface area contributed by atoms with Gasteiger partial charge in [0.25, 0.3) is 5.91 Å². The molecule has 1 heterocycles. The largest absolute Gasteiger partial charge is 0.441 e. The molecule has 0 spiro atoms. The van der Waals surface area contributed by atoms with Crippen molar-refractivity contribution in [2.24, 2.45) is 0 Å². The van der Waals surface area contributed by atoms with Crippen LogP contribution in [0.15, 0.2) is 46.9 Å². The van der Waals surface area contributed by atoms with Gasteiger partial charge in [-0.05, 0) is 48.4 Å². The SMILES string of the molecule is Cc1nc2ccc(CCNC(=O)c3ccc(Cl)cc3)cc2o1. The maximum absolute atomic E-state index is 12.0. The van der Waals surface area contributed by atoms with E-state index in [0.717, 1.165) is 23.1 Å². The van der Waals surface area contributed by atoms with E-state index in [1.54, 1.807) is 24.3 Å². The van der Waals surface area contributed by atoms with Gasteiger partial charge in [0, 0.05) is 24.1 Å². The van der Waals surface area contributed by atoms with Crippen LogP contribution < -0.4 is 5.32 Å². The smallest absolute Gasteiger partial charge is 0.251 e. The molecule has 1 N–H and O–H groups in total. The Hall–Kier alpha value is -2.33. The fraction of sp³-hybridized carbons (Fsp3) is 0.176. The lowest BCUT2D eigenvalue weighted by Crippen LogP contribution is -2.25. The average Bonchev–Trinajstić information content (AvgIpc) is 2.87. The molecule has 0 fully saturated rings. The second-order valence-corrected chi connectivity index (χ2v) is 5.48. The van der Waals surface area contributed by atoms with E-state index in [9.17, 15) is 4.79 Å². The Morgan fingerprint density at radius 2 is 2.00 bits per heavy atom. The van der Waals surface area contributed by atoms with Crippen molar-refractivity contribution in [3.05, 3.63) is 64.5 Å². The van der Waals surface area contributed by atoms with Gasteiger partial charge in [-0.1, -0.05) is 17.7 Å². The first-order chi connectivity index (χ1) is 10.6. The summed E-state index contributed by atoms with van der Waals surface area (Å²) in [6.45, 7) is 2.38. The minimum atomic E-state index is -0.103. The molecular weight excluding hydrogens is 300 g/mol. The zero-order chi connectivity index (χ0) is 15.5. The maximum Gasteiger partial charge on any atom is 0.251 e. The number of oxazole rings is 1. The number of carbonyl (C=O) groups is 1. The van der Waals surface area contributed by atoms with E-state index in [4.69, 9.17) is 16.0 Å². The number of hydrogen-bond donors (Lipinski definition) is 1. The molecule has 112 valence electrons. The number of aromatic nitrogens is 1. The predicted octanol–water partition coefficient (Wildman–Crippen LogP) is 3.76. The molecule has 5 heteroatoms. The maximum atomic E-state index is 12.0. The third kappa shape index (κ3) is 3.28. The molecular formula is C17H15ClN2O2. The topological polar surface area (TPSA) is 55.1 Å². The number of amides is 1. The third-order valence-electron chi connectivity index (χ3n) is 3.37. The highest BCUT2D eigenvalue weighted by molar-refractivity contribution is 6.30. The van der Waals surface area contributed by atoms with E-state index < -0.39 is 0 Å². The van der Waals surface area contributed by atoms with Gasteiger partial charge >= 0.3 is 0 Å². The molecule has 0 atom stereocenters. The summed E-state index contributed by atoms with van der Waals surface area (Å²) in [5.74, 6) is 0.552. The van der Waals surface area contributed by atoms with Crippen LogP contribution in [0, 0.1) is 6.92 Å². The van der Waals surface area contributed by atoms with Gasteiger partial charge < -0.3 is 9.73 Å². The number of carbonyl (C=O) groups excluding carboxylic acids is 1. The van der Waals surface area contributed by atoms with Crippen LogP contribution in [0.3, 0.4) is 0 Å². The number of halogens is 1. The molecule has 2 aromatic carbocycles. The summed E-state index contributed by atoms with van der Waals surface area (Å²) >= 11 is 5.80. The van der Waals surface area contributed by atoms with Crippen molar-refractivity contribution in [2.45, 2.75) is 13.3 Å². The van der Waals surface area contributed by atoms with Gasteiger partial charge in [0.15, 0.2) is 11.5 Å². The van der Waals surface area contributed by atoms with Crippen molar-refractivity contribution in [1.82, 2.24) is 10.3 Å². The van der Waals surface area contributed by atoms with Crippen molar-refractivity contribution in [3.8, 4) is 0 Å². The van der Waals surface area contributed by atoms with Gasteiger partial charge in [-0.15, -0.1) is 0 Å². The van der Waals surface area contributed by atoms with Crippen molar-refractivity contribution in [2.75, 3.05) is 6.54 Å². The van der Waals surface area contributed by atoms with E-state index in [-0.39, 0.29) is 5.91 Å². The summed E-state index contributed by atoms with van der Waals surface area (Å²) in [4.78, 5) is 16.2. The van der Waals surface area contributed by atoms with Crippen LogP contribution in [0.1, 0.15) is 21.8 Å². The van der Waals surface area contributed by atoms with Gasteiger partial charge in [-0.3, -0.25) is 4.79 Å². The first kappa shape index (κ1) is 14.6. The van der Waals surface area contributed by atoms with Crippen LogP contribution in [0.5, 0.6) is 0 Å². The van der Waals surface area contributed by atoms with E-state index in [1.165, 1.54) is 0 Å². The molecule has 0 radical (unpaired) electrons.